The Morgan fingerprint density at radius 1 is 1.64 bits per heavy atom. The summed E-state index contributed by atoms with van der Waals surface area (Å²) < 4.78 is 14.4. The highest BCUT2D eigenvalue weighted by Gasteiger charge is 2.18. The van der Waals surface area contributed by atoms with Crippen molar-refractivity contribution in [3.8, 4) is 0 Å². The van der Waals surface area contributed by atoms with Crippen LogP contribution in [-0.4, -0.2) is 11.0 Å². The van der Waals surface area contributed by atoms with Crippen molar-refractivity contribution in [2.24, 2.45) is 5.73 Å². The molecule has 0 saturated heterocycles. The van der Waals surface area contributed by atoms with Crippen LogP contribution in [0.1, 0.15) is 18.9 Å². The minimum atomic E-state index is -1.12. The Morgan fingerprint density at radius 3 is 3.14 bits per heavy atom. The van der Waals surface area contributed by atoms with E-state index in [1.165, 1.54) is 4.88 Å². The summed E-state index contributed by atoms with van der Waals surface area (Å²) in [5.74, 6) is 0.592. The van der Waals surface area contributed by atoms with Gasteiger partial charge in [0.1, 0.15) is 16.4 Å². The molecule has 116 valence electrons. The molecule has 3 aromatic heterocycles. The van der Waals surface area contributed by atoms with Gasteiger partial charge in [-0.15, -0.1) is 11.3 Å². The third-order valence-electron chi connectivity index (χ3n) is 3.09. The van der Waals surface area contributed by atoms with Crippen molar-refractivity contribution >= 4 is 55.7 Å². The van der Waals surface area contributed by atoms with Gasteiger partial charge in [-0.3, -0.25) is 0 Å². The van der Waals surface area contributed by atoms with E-state index >= 15 is 0 Å². The topological polar surface area (TPSA) is 64.1 Å². The number of nitrogens with zero attached hydrogens (tertiary/aromatic N) is 1. The first-order valence-corrected chi connectivity index (χ1v) is 8.71. The zero-order valence-corrected chi connectivity index (χ0v) is 15.0. The molecule has 0 radical (unpaired) electrons. The summed E-state index contributed by atoms with van der Waals surface area (Å²) in [5.41, 5.74) is 7.78. The van der Waals surface area contributed by atoms with Crippen molar-refractivity contribution in [1.29, 1.82) is 0 Å². The molecule has 3 heterocycles. The van der Waals surface area contributed by atoms with Crippen LogP contribution in [0, 0.1) is 0 Å². The summed E-state index contributed by atoms with van der Waals surface area (Å²) in [6, 6.07) is 4.68. The van der Waals surface area contributed by atoms with Gasteiger partial charge in [-0.25, -0.2) is 4.98 Å². The molecular weight excluding hydrogens is 386 g/mol. The van der Waals surface area contributed by atoms with Gasteiger partial charge >= 0.3 is 0 Å². The number of anilines is 1. The number of rotatable bonds is 5. The molecule has 0 spiro atoms. The first-order chi connectivity index (χ1) is 10.8. The second-order valence-electron chi connectivity index (χ2n) is 4.97. The van der Waals surface area contributed by atoms with Crippen LogP contribution in [0.25, 0.3) is 11.1 Å². The summed E-state index contributed by atoms with van der Waals surface area (Å²) in [7, 11) is 0. The molecule has 7 heteroatoms. The second-order valence-corrected chi connectivity index (χ2v) is 7.18. The predicted octanol–water partition coefficient (Wildman–Crippen LogP) is 4.81. The molecule has 3 aromatic rings. The molecule has 0 unspecified atom stereocenters. The lowest BCUT2D eigenvalue weighted by Crippen LogP contribution is -2.17. The van der Waals surface area contributed by atoms with E-state index in [0.29, 0.717) is 33.0 Å². The second kappa shape index (κ2) is 6.58. The molecule has 0 aliphatic heterocycles. The van der Waals surface area contributed by atoms with E-state index < -0.39 is 6.02 Å². The number of aromatic nitrogens is 1. The number of thiophene rings is 1. The van der Waals surface area contributed by atoms with Crippen LogP contribution in [0.15, 0.2) is 32.5 Å². The fourth-order valence-electron chi connectivity index (χ4n) is 2.15. The lowest BCUT2D eigenvalue weighted by molar-refractivity contribution is 0.523. The van der Waals surface area contributed by atoms with E-state index in [1.54, 1.807) is 24.3 Å². The van der Waals surface area contributed by atoms with Crippen LogP contribution in [0.2, 0.25) is 5.15 Å². The third-order valence-corrected chi connectivity index (χ3v) is 4.98. The van der Waals surface area contributed by atoms with Crippen molar-refractivity contribution in [3.63, 3.8) is 0 Å². The maximum absolute atomic E-state index is 7.85. The average Bonchev–Trinajstić information content (AvgIpc) is 3.06. The maximum atomic E-state index is 7.85. The largest absolute Gasteiger partial charge is 0.456 e. The van der Waals surface area contributed by atoms with Crippen molar-refractivity contribution in [3.05, 3.63) is 43.8 Å². The van der Waals surface area contributed by atoms with Gasteiger partial charge in [0.2, 0.25) is 0 Å². The standard InChI is InChI=1S/C15H15BrClN3OS/c1-8(18)5-11-13(16)14-15(21-11)10(6-12(17)20-14)19-7-9-3-2-4-22-9/h2-4,6,8H,5,7,18H2,1H3,(H,19,20)/t8-/m0/s1/i8D. The van der Waals surface area contributed by atoms with E-state index in [1.807, 2.05) is 11.4 Å². The number of furan rings is 1. The third kappa shape index (κ3) is 3.30. The van der Waals surface area contributed by atoms with Crippen LogP contribution in [-0.2, 0) is 13.0 Å². The Balaban J connectivity index is 1.98. The first-order valence-electron chi connectivity index (χ1n) is 7.16. The summed E-state index contributed by atoms with van der Waals surface area (Å²) in [6.07, 6.45) is 0.270. The van der Waals surface area contributed by atoms with Gasteiger partial charge in [-0.05, 0) is 34.3 Å². The monoisotopic (exact) mass is 400 g/mol. The minimum Gasteiger partial charge on any atom is -0.456 e. The Bertz CT molecular complexity index is 829. The minimum absolute atomic E-state index is 0.270. The van der Waals surface area contributed by atoms with E-state index in [0.717, 1.165) is 5.69 Å². The zero-order chi connectivity index (χ0) is 16.6. The van der Waals surface area contributed by atoms with Gasteiger partial charge in [0.25, 0.3) is 0 Å². The molecule has 4 nitrogen and oxygen atoms in total. The smallest absolute Gasteiger partial charge is 0.177 e. The van der Waals surface area contributed by atoms with Crippen LogP contribution in [0.5, 0.6) is 0 Å². The Kier molecular flexibility index (Phi) is 4.34. The van der Waals surface area contributed by atoms with Gasteiger partial charge in [-0.2, -0.15) is 0 Å². The average molecular weight is 402 g/mol. The summed E-state index contributed by atoms with van der Waals surface area (Å²) in [6.45, 7) is 2.30. The van der Waals surface area contributed by atoms with Gasteiger partial charge in [0.05, 0.1) is 10.2 Å². The predicted molar refractivity (Wildman–Crippen MR) is 95.7 cm³/mol. The molecule has 0 saturated carbocycles. The highest BCUT2D eigenvalue weighted by Crippen LogP contribution is 2.36. The molecule has 1 atom stereocenters. The summed E-state index contributed by atoms with van der Waals surface area (Å²) in [4.78, 5) is 5.52. The van der Waals surface area contributed by atoms with E-state index in [4.69, 9.17) is 23.1 Å². The van der Waals surface area contributed by atoms with Gasteiger partial charge in [-0.1, -0.05) is 17.7 Å². The molecular formula is C15H15BrClN3OS. The van der Waals surface area contributed by atoms with E-state index in [-0.39, 0.29) is 6.42 Å². The number of nitrogens with one attached hydrogen (secondary N) is 1. The van der Waals surface area contributed by atoms with E-state index in [9.17, 15) is 0 Å². The first kappa shape index (κ1) is 14.5. The van der Waals surface area contributed by atoms with Crippen molar-refractivity contribution in [1.82, 2.24) is 4.98 Å². The van der Waals surface area contributed by atoms with Gasteiger partial charge in [0.15, 0.2) is 5.58 Å². The summed E-state index contributed by atoms with van der Waals surface area (Å²) in [5, 5.41) is 5.73. The SMILES string of the molecule is [2H][C@@](C)(N)Cc1oc2c(NCc3cccs3)cc(Cl)nc2c1Br. The number of pyridine rings is 1. The number of nitrogens with two attached hydrogens (primary N) is 1. The fraction of sp³-hybridized carbons (Fsp3) is 0.267. The quantitative estimate of drug-likeness (QED) is 0.602. The number of hydrogen-bond donors (Lipinski definition) is 2. The lowest BCUT2D eigenvalue weighted by Gasteiger charge is -2.06. The van der Waals surface area contributed by atoms with Crippen molar-refractivity contribution in [2.45, 2.75) is 25.9 Å². The molecule has 22 heavy (non-hydrogen) atoms. The molecule has 3 rings (SSSR count). The molecule has 0 aliphatic carbocycles. The van der Waals surface area contributed by atoms with Gasteiger partial charge < -0.3 is 15.5 Å². The molecule has 3 N–H and O–H groups in total. The van der Waals surface area contributed by atoms with Crippen molar-refractivity contribution in [2.75, 3.05) is 5.32 Å². The van der Waals surface area contributed by atoms with Crippen LogP contribution < -0.4 is 11.1 Å². The Hall–Kier alpha value is -1.08. The van der Waals surface area contributed by atoms with Crippen molar-refractivity contribution < 1.29 is 5.79 Å². The van der Waals surface area contributed by atoms with E-state index in [2.05, 4.69) is 32.3 Å². The molecule has 0 bridgehead atoms. The lowest BCUT2D eigenvalue weighted by atomic mass is 10.2. The number of hydrogen-bond acceptors (Lipinski definition) is 5. The Labute approximate surface area is 147 Å². The maximum Gasteiger partial charge on any atom is 0.177 e. The van der Waals surface area contributed by atoms with Crippen LogP contribution in [0.3, 0.4) is 0 Å². The normalized spacial score (nSPS) is 14.8. The van der Waals surface area contributed by atoms with Crippen LogP contribution in [0.4, 0.5) is 5.69 Å². The fourth-order valence-corrected chi connectivity index (χ4v) is 3.48. The molecule has 0 aliphatic rings. The Morgan fingerprint density at radius 2 is 2.45 bits per heavy atom. The highest BCUT2D eigenvalue weighted by molar-refractivity contribution is 9.10. The molecule has 0 amide bonds. The number of fused-ring (bicyclic) bond motifs is 1. The van der Waals surface area contributed by atoms with Crippen LogP contribution >= 0.6 is 38.9 Å². The zero-order valence-electron chi connectivity index (χ0n) is 12.8. The number of halogens is 2. The molecule has 0 aromatic carbocycles. The highest BCUT2D eigenvalue weighted by atomic mass is 79.9. The van der Waals surface area contributed by atoms with Gasteiger partial charge in [0, 0.05) is 31.3 Å². The summed E-state index contributed by atoms with van der Waals surface area (Å²) >= 11 is 11.3. The molecule has 0 fully saturated rings.